The lowest BCUT2D eigenvalue weighted by molar-refractivity contribution is 0.200. The van der Waals surface area contributed by atoms with E-state index in [4.69, 9.17) is 4.74 Å². The number of methoxy groups -OCH3 is 1. The molecule has 1 aromatic rings. The highest BCUT2D eigenvalue weighted by atomic mass is 32.2. The average Bonchev–Trinajstić information content (AvgIpc) is 2.19. The fraction of sp³-hybridized carbons (Fsp3) is 0.400. The Hall–Kier alpha value is -0.740. The first-order valence-corrected chi connectivity index (χ1v) is 5.50. The number of thioether (sulfide) groups is 1. The Bertz CT molecular complexity index is 354. The molecule has 4 heteroatoms. The topological polar surface area (TPSA) is 29.5 Å². The van der Waals surface area contributed by atoms with Crippen molar-refractivity contribution in [3.05, 3.63) is 29.1 Å². The van der Waals surface area contributed by atoms with Crippen molar-refractivity contribution in [3.63, 3.8) is 0 Å². The van der Waals surface area contributed by atoms with Crippen molar-refractivity contribution in [2.75, 3.05) is 12.9 Å². The lowest BCUT2D eigenvalue weighted by Gasteiger charge is -2.21. The van der Waals surface area contributed by atoms with Gasteiger partial charge in [0, 0.05) is 23.1 Å². The molecule has 2 nitrogen and oxygen atoms in total. The van der Waals surface area contributed by atoms with Crippen molar-refractivity contribution in [1.29, 1.82) is 0 Å². The highest BCUT2D eigenvalue weighted by Crippen LogP contribution is 2.35. The molecule has 14 heavy (non-hydrogen) atoms. The van der Waals surface area contributed by atoms with Crippen molar-refractivity contribution in [2.45, 2.75) is 11.9 Å². The van der Waals surface area contributed by atoms with E-state index in [-0.39, 0.29) is 5.82 Å². The Morgan fingerprint density at radius 3 is 3.07 bits per heavy atom. The van der Waals surface area contributed by atoms with Crippen LogP contribution in [0.3, 0.4) is 0 Å². The van der Waals surface area contributed by atoms with Gasteiger partial charge in [0.1, 0.15) is 11.6 Å². The fourth-order valence-corrected chi connectivity index (χ4v) is 2.59. The van der Waals surface area contributed by atoms with Crippen LogP contribution in [0.4, 0.5) is 4.39 Å². The number of fused-ring (bicyclic) bond motifs is 1. The highest BCUT2D eigenvalue weighted by Gasteiger charge is 2.22. The smallest absolute Gasteiger partial charge is 0.131 e. The van der Waals surface area contributed by atoms with Gasteiger partial charge in [-0.1, -0.05) is 0 Å². The van der Waals surface area contributed by atoms with Crippen LogP contribution in [0.1, 0.15) is 17.2 Å². The molecular weight excluding hydrogens is 203 g/mol. The third-order valence-electron chi connectivity index (χ3n) is 2.32. The van der Waals surface area contributed by atoms with E-state index in [2.05, 4.69) is 0 Å². The normalized spacial score (nSPS) is 20.4. The molecule has 1 heterocycles. The minimum Gasteiger partial charge on any atom is -0.497 e. The molecular formula is C10H11FO2S. The molecule has 0 fully saturated rings. The first-order valence-electron chi connectivity index (χ1n) is 4.34. The molecule has 0 spiro atoms. The number of aliphatic hydroxyl groups is 1. The summed E-state index contributed by atoms with van der Waals surface area (Å²) in [6, 6.07) is 3.07. The van der Waals surface area contributed by atoms with Crippen LogP contribution < -0.4 is 4.74 Å². The zero-order valence-electron chi connectivity index (χ0n) is 7.79. The van der Waals surface area contributed by atoms with Crippen LogP contribution in [0.15, 0.2) is 12.1 Å². The maximum Gasteiger partial charge on any atom is 0.131 e. The summed E-state index contributed by atoms with van der Waals surface area (Å²) in [5.41, 5.74) is 1.27. The minimum atomic E-state index is -0.576. The van der Waals surface area contributed by atoms with Gasteiger partial charge < -0.3 is 9.84 Å². The van der Waals surface area contributed by atoms with Gasteiger partial charge in [-0.3, -0.25) is 0 Å². The van der Waals surface area contributed by atoms with Crippen molar-refractivity contribution in [2.24, 2.45) is 0 Å². The molecule has 76 valence electrons. The molecule has 2 rings (SSSR count). The van der Waals surface area contributed by atoms with Gasteiger partial charge in [-0.05, 0) is 11.6 Å². The summed E-state index contributed by atoms with van der Waals surface area (Å²) in [5, 5.41) is 9.66. The SMILES string of the molecule is COc1cc(F)c2c(c1)C(O)CSC2. The molecule has 1 unspecified atom stereocenters. The van der Waals surface area contributed by atoms with Gasteiger partial charge in [0.25, 0.3) is 0 Å². The molecule has 0 aromatic heterocycles. The van der Waals surface area contributed by atoms with E-state index in [1.165, 1.54) is 13.2 Å². The first-order chi connectivity index (χ1) is 6.72. The maximum absolute atomic E-state index is 13.5. The number of benzene rings is 1. The van der Waals surface area contributed by atoms with Gasteiger partial charge in [-0.15, -0.1) is 0 Å². The number of hydrogen-bond acceptors (Lipinski definition) is 3. The van der Waals surface area contributed by atoms with Crippen LogP contribution in [-0.4, -0.2) is 18.0 Å². The zero-order valence-corrected chi connectivity index (χ0v) is 8.60. The second-order valence-corrected chi connectivity index (χ2v) is 4.24. The first kappa shape index (κ1) is 9.80. The molecule has 1 aliphatic rings. The number of hydrogen-bond donors (Lipinski definition) is 1. The Labute approximate surface area is 86.1 Å². The van der Waals surface area contributed by atoms with Gasteiger partial charge in [-0.2, -0.15) is 11.8 Å². The third-order valence-corrected chi connectivity index (χ3v) is 3.36. The monoisotopic (exact) mass is 214 g/mol. The Balaban J connectivity index is 2.51. The number of halogens is 1. The van der Waals surface area contributed by atoms with Gasteiger partial charge in [-0.25, -0.2) is 4.39 Å². The largest absolute Gasteiger partial charge is 0.497 e. The summed E-state index contributed by atoms with van der Waals surface area (Å²) in [6.07, 6.45) is -0.576. The van der Waals surface area contributed by atoms with Crippen LogP contribution >= 0.6 is 11.8 Å². The molecule has 1 N–H and O–H groups in total. The molecule has 1 atom stereocenters. The predicted molar refractivity (Wildman–Crippen MR) is 54.1 cm³/mol. The Morgan fingerprint density at radius 2 is 2.36 bits per heavy atom. The second-order valence-electron chi connectivity index (χ2n) is 3.21. The van der Waals surface area contributed by atoms with Gasteiger partial charge in [0.05, 0.1) is 13.2 Å². The molecule has 0 radical (unpaired) electrons. The van der Waals surface area contributed by atoms with E-state index in [0.717, 1.165) is 0 Å². The van der Waals surface area contributed by atoms with Gasteiger partial charge in [0.2, 0.25) is 0 Å². The van der Waals surface area contributed by atoms with Crippen LogP contribution in [-0.2, 0) is 5.75 Å². The van der Waals surface area contributed by atoms with Gasteiger partial charge >= 0.3 is 0 Å². The minimum absolute atomic E-state index is 0.286. The maximum atomic E-state index is 13.5. The Morgan fingerprint density at radius 1 is 1.57 bits per heavy atom. The molecule has 0 bridgehead atoms. The van der Waals surface area contributed by atoms with E-state index < -0.39 is 6.10 Å². The van der Waals surface area contributed by atoms with Crippen molar-refractivity contribution in [3.8, 4) is 5.75 Å². The summed E-state index contributed by atoms with van der Waals surface area (Å²) in [5.74, 6) is 1.43. The van der Waals surface area contributed by atoms with Crippen molar-refractivity contribution < 1.29 is 14.2 Å². The summed E-state index contributed by atoms with van der Waals surface area (Å²) >= 11 is 1.54. The standard InChI is InChI=1S/C10H11FO2S/c1-13-6-2-7-8(9(11)3-6)4-14-5-10(7)12/h2-3,10,12H,4-5H2,1H3. The third kappa shape index (κ3) is 1.60. The number of ether oxygens (including phenoxy) is 1. The van der Waals surface area contributed by atoms with Crippen LogP contribution in [0.25, 0.3) is 0 Å². The molecule has 0 aliphatic carbocycles. The number of aliphatic hydroxyl groups excluding tert-OH is 1. The molecule has 1 aromatic carbocycles. The van der Waals surface area contributed by atoms with E-state index in [0.29, 0.717) is 28.4 Å². The van der Waals surface area contributed by atoms with E-state index in [1.807, 2.05) is 0 Å². The lowest BCUT2D eigenvalue weighted by atomic mass is 10.0. The zero-order chi connectivity index (χ0) is 10.1. The molecule has 0 saturated heterocycles. The molecule has 1 aliphatic heterocycles. The van der Waals surface area contributed by atoms with Crippen LogP contribution in [0.2, 0.25) is 0 Å². The Kier molecular flexibility index (Phi) is 2.65. The summed E-state index contributed by atoms with van der Waals surface area (Å²) in [6.45, 7) is 0. The van der Waals surface area contributed by atoms with Crippen LogP contribution in [0, 0.1) is 5.82 Å². The second kappa shape index (κ2) is 3.79. The van der Waals surface area contributed by atoms with Crippen molar-refractivity contribution >= 4 is 11.8 Å². The predicted octanol–water partition coefficient (Wildman–Crippen LogP) is 2.11. The molecule has 0 saturated carbocycles. The van der Waals surface area contributed by atoms with Gasteiger partial charge in [0.15, 0.2) is 0 Å². The highest BCUT2D eigenvalue weighted by molar-refractivity contribution is 7.98. The van der Waals surface area contributed by atoms with E-state index in [9.17, 15) is 9.50 Å². The molecule has 0 amide bonds. The average molecular weight is 214 g/mol. The van der Waals surface area contributed by atoms with E-state index in [1.54, 1.807) is 17.8 Å². The lowest BCUT2D eigenvalue weighted by Crippen LogP contribution is -2.11. The summed E-state index contributed by atoms with van der Waals surface area (Å²) in [7, 11) is 1.49. The number of rotatable bonds is 1. The quantitative estimate of drug-likeness (QED) is 0.776. The van der Waals surface area contributed by atoms with Crippen LogP contribution in [0.5, 0.6) is 5.75 Å². The summed E-state index contributed by atoms with van der Waals surface area (Å²) < 4.78 is 18.4. The fourth-order valence-electron chi connectivity index (χ4n) is 1.56. The summed E-state index contributed by atoms with van der Waals surface area (Å²) in [4.78, 5) is 0. The van der Waals surface area contributed by atoms with Crippen molar-refractivity contribution in [1.82, 2.24) is 0 Å². The van der Waals surface area contributed by atoms with E-state index >= 15 is 0 Å².